The van der Waals surface area contributed by atoms with Crippen LogP contribution in [0.5, 0.6) is 0 Å². The lowest BCUT2D eigenvalue weighted by Gasteiger charge is -2.39. The Morgan fingerprint density at radius 2 is 2.04 bits per heavy atom. The first-order valence-electron chi connectivity index (χ1n) is 9.46. The van der Waals surface area contributed by atoms with Crippen molar-refractivity contribution in [2.45, 2.75) is 39.5 Å². The second-order valence-corrected chi connectivity index (χ2v) is 8.66. The number of carbonyl (C=O) groups is 2. The number of aliphatic imine (C=N–C) groups is 1. The molecule has 1 aliphatic carbocycles. The van der Waals surface area contributed by atoms with E-state index in [0.717, 1.165) is 11.3 Å². The molecule has 1 heterocycles. The van der Waals surface area contributed by atoms with E-state index in [1.54, 1.807) is 13.2 Å². The summed E-state index contributed by atoms with van der Waals surface area (Å²) in [4.78, 5) is 30.7. The van der Waals surface area contributed by atoms with Crippen LogP contribution in [0.2, 0.25) is 5.02 Å². The molecule has 0 saturated carbocycles. The number of hydrogen-bond donors (Lipinski definition) is 0. The molecular formula is C22H26ClNO4. The summed E-state index contributed by atoms with van der Waals surface area (Å²) in [5, 5.41) is 0.565. The molecule has 0 spiro atoms. The Labute approximate surface area is 170 Å². The lowest BCUT2D eigenvalue weighted by Crippen LogP contribution is -2.39. The molecule has 1 aromatic carbocycles. The first-order valence-corrected chi connectivity index (χ1v) is 9.84. The summed E-state index contributed by atoms with van der Waals surface area (Å²) >= 11 is 6.22. The van der Waals surface area contributed by atoms with Gasteiger partial charge in [0.1, 0.15) is 12.5 Å². The minimum atomic E-state index is -0.653. The van der Waals surface area contributed by atoms with Crippen molar-refractivity contribution < 1.29 is 19.1 Å². The van der Waals surface area contributed by atoms with Crippen molar-refractivity contribution in [3.63, 3.8) is 0 Å². The van der Waals surface area contributed by atoms with Gasteiger partial charge in [0.2, 0.25) is 0 Å². The van der Waals surface area contributed by atoms with Crippen molar-refractivity contribution in [1.82, 2.24) is 0 Å². The van der Waals surface area contributed by atoms with Crippen LogP contribution in [-0.2, 0) is 19.1 Å². The Morgan fingerprint density at radius 3 is 2.71 bits per heavy atom. The number of halogens is 1. The standard InChI is InChI=1S/C22H26ClNO4/c1-13-18(21(26)28-9-8-27-4)19(14-6-5-7-15(23)10-14)20-16(24-13)11-22(2,3)12-17(20)25/h5-7,10,18-19H,8-9,11-12H2,1-4H3/t18?,19-/m1/s1. The third kappa shape index (κ3) is 4.20. The lowest BCUT2D eigenvalue weighted by molar-refractivity contribution is -0.147. The zero-order chi connectivity index (χ0) is 20.5. The van der Waals surface area contributed by atoms with Gasteiger partial charge in [-0.05, 0) is 36.5 Å². The Kier molecular flexibility index (Phi) is 6.06. The van der Waals surface area contributed by atoms with Crippen LogP contribution in [0.3, 0.4) is 0 Å². The normalized spacial score (nSPS) is 23.9. The maximum absolute atomic E-state index is 13.1. The third-order valence-electron chi connectivity index (χ3n) is 5.30. The Balaban J connectivity index is 2.08. The average molecular weight is 404 g/mol. The summed E-state index contributed by atoms with van der Waals surface area (Å²) in [6, 6.07) is 7.34. The van der Waals surface area contributed by atoms with Crippen molar-refractivity contribution in [1.29, 1.82) is 0 Å². The molecule has 0 radical (unpaired) electrons. The van der Waals surface area contributed by atoms with E-state index in [1.165, 1.54) is 0 Å². The fourth-order valence-electron chi connectivity index (χ4n) is 4.13. The number of rotatable bonds is 5. The highest BCUT2D eigenvalue weighted by molar-refractivity contribution is 6.30. The number of benzene rings is 1. The van der Waals surface area contributed by atoms with Crippen LogP contribution in [0.15, 0.2) is 40.5 Å². The minimum Gasteiger partial charge on any atom is -0.463 e. The van der Waals surface area contributed by atoms with E-state index >= 15 is 0 Å². The number of carbonyl (C=O) groups excluding carboxylic acids is 2. The lowest BCUT2D eigenvalue weighted by atomic mass is 9.67. The molecule has 0 fully saturated rings. The quantitative estimate of drug-likeness (QED) is 0.541. The monoisotopic (exact) mass is 403 g/mol. The summed E-state index contributed by atoms with van der Waals surface area (Å²) in [6.07, 6.45) is 1.14. The number of allylic oxidation sites excluding steroid dienone is 2. The van der Waals surface area contributed by atoms with Gasteiger partial charge in [0.15, 0.2) is 5.78 Å². The summed E-state index contributed by atoms with van der Waals surface area (Å²) in [5.41, 5.74) is 2.75. The summed E-state index contributed by atoms with van der Waals surface area (Å²) in [6.45, 7) is 6.44. The van der Waals surface area contributed by atoms with Crippen LogP contribution in [0.1, 0.15) is 45.1 Å². The van der Waals surface area contributed by atoms with Gasteiger partial charge in [0, 0.05) is 41.5 Å². The van der Waals surface area contributed by atoms with Crippen LogP contribution >= 0.6 is 11.6 Å². The van der Waals surface area contributed by atoms with E-state index < -0.39 is 17.8 Å². The van der Waals surface area contributed by atoms with Crippen LogP contribution in [-0.4, -0.2) is 37.8 Å². The van der Waals surface area contributed by atoms with Crippen LogP contribution in [0.4, 0.5) is 0 Å². The number of ketones is 1. The third-order valence-corrected chi connectivity index (χ3v) is 5.53. The van der Waals surface area contributed by atoms with Crippen molar-refractivity contribution in [3.05, 3.63) is 46.1 Å². The molecule has 6 heteroatoms. The van der Waals surface area contributed by atoms with Crippen molar-refractivity contribution >= 4 is 29.1 Å². The number of Topliss-reactive ketones (excluding diaryl/α,β-unsaturated/α-hetero) is 1. The van der Waals surface area contributed by atoms with E-state index in [9.17, 15) is 9.59 Å². The summed E-state index contributed by atoms with van der Waals surface area (Å²) in [7, 11) is 1.55. The first-order chi connectivity index (χ1) is 13.2. The fourth-order valence-corrected chi connectivity index (χ4v) is 4.32. The van der Waals surface area contributed by atoms with Gasteiger partial charge in [-0.3, -0.25) is 14.6 Å². The molecule has 2 atom stereocenters. The van der Waals surface area contributed by atoms with Gasteiger partial charge in [-0.25, -0.2) is 0 Å². The van der Waals surface area contributed by atoms with Gasteiger partial charge in [-0.2, -0.15) is 0 Å². The smallest absolute Gasteiger partial charge is 0.315 e. The van der Waals surface area contributed by atoms with Crippen molar-refractivity contribution in [2.75, 3.05) is 20.3 Å². The van der Waals surface area contributed by atoms with E-state index in [-0.39, 0.29) is 17.8 Å². The van der Waals surface area contributed by atoms with Gasteiger partial charge in [-0.15, -0.1) is 0 Å². The molecule has 150 valence electrons. The first kappa shape index (κ1) is 20.7. The van der Waals surface area contributed by atoms with Crippen molar-refractivity contribution in [2.24, 2.45) is 16.3 Å². The Morgan fingerprint density at radius 1 is 1.29 bits per heavy atom. The van der Waals surface area contributed by atoms with Gasteiger partial charge < -0.3 is 9.47 Å². The highest BCUT2D eigenvalue weighted by Gasteiger charge is 2.46. The molecule has 1 aromatic rings. The number of ether oxygens (including phenoxy) is 2. The van der Waals surface area contributed by atoms with E-state index in [4.69, 9.17) is 21.1 Å². The Bertz CT molecular complexity index is 856. The average Bonchev–Trinajstić information content (AvgIpc) is 2.59. The highest BCUT2D eigenvalue weighted by Crippen LogP contribution is 2.48. The molecule has 0 N–H and O–H groups in total. The molecule has 1 unspecified atom stereocenters. The summed E-state index contributed by atoms with van der Waals surface area (Å²) < 4.78 is 10.4. The predicted molar refractivity (Wildman–Crippen MR) is 109 cm³/mol. The molecule has 1 aliphatic heterocycles. The maximum Gasteiger partial charge on any atom is 0.315 e. The fraction of sp³-hybridized carbons (Fsp3) is 0.500. The molecule has 0 aromatic heterocycles. The van der Waals surface area contributed by atoms with Gasteiger partial charge in [-0.1, -0.05) is 37.6 Å². The molecular weight excluding hydrogens is 378 g/mol. The molecule has 2 aliphatic rings. The number of nitrogens with zero attached hydrogens (tertiary/aromatic N) is 1. The van der Waals surface area contributed by atoms with Crippen LogP contribution < -0.4 is 0 Å². The number of methoxy groups -OCH3 is 1. The van der Waals surface area contributed by atoms with Crippen LogP contribution in [0.25, 0.3) is 0 Å². The predicted octanol–water partition coefficient (Wildman–Crippen LogP) is 4.35. The van der Waals surface area contributed by atoms with Gasteiger partial charge in [0.25, 0.3) is 0 Å². The summed E-state index contributed by atoms with van der Waals surface area (Å²) in [5.74, 6) is -1.45. The van der Waals surface area contributed by atoms with E-state index in [2.05, 4.69) is 18.8 Å². The second kappa shape index (κ2) is 8.18. The van der Waals surface area contributed by atoms with Gasteiger partial charge >= 0.3 is 5.97 Å². The zero-order valence-corrected chi connectivity index (χ0v) is 17.5. The highest BCUT2D eigenvalue weighted by atomic mass is 35.5. The number of hydrogen-bond acceptors (Lipinski definition) is 5. The number of esters is 1. The molecule has 3 rings (SSSR count). The zero-order valence-electron chi connectivity index (χ0n) is 16.8. The Hall–Kier alpha value is -1.98. The molecule has 0 amide bonds. The van der Waals surface area contributed by atoms with Crippen molar-refractivity contribution in [3.8, 4) is 0 Å². The largest absolute Gasteiger partial charge is 0.463 e. The second-order valence-electron chi connectivity index (χ2n) is 8.23. The molecule has 0 bridgehead atoms. The SMILES string of the molecule is COCCOC(=O)C1C(C)=NC2=C(C(=O)CC(C)(C)C2)[C@@H]1c1cccc(Cl)c1. The topological polar surface area (TPSA) is 65.0 Å². The minimum absolute atomic E-state index is 0.0437. The van der Waals surface area contributed by atoms with E-state index in [1.807, 2.05) is 25.1 Å². The van der Waals surface area contributed by atoms with E-state index in [0.29, 0.717) is 35.8 Å². The van der Waals surface area contributed by atoms with Crippen LogP contribution in [0, 0.1) is 11.3 Å². The van der Waals surface area contributed by atoms with Gasteiger partial charge in [0.05, 0.1) is 6.61 Å². The maximum atomic E-state index is 13.1. The molecule has 5 nitrogen and oxygen atoms in total. The molecule has 0 saturated heterocycles. The molecule has 28 heavy (non-hydrogen) atoms.